The first kappa shape index (κ1) is 14.2. The number of hydrogen-bond acceptors (Lipinski definition) is 4. The molecule has 1 aliphatic carbocycles. The van der Waals surface area contributed by atoms with Crippen LogP contribution in [-0.4, -0.2) is 57.4 Å². The number of methoxy groups -OCH3 is 2. The lowest BCUT2D eigenvalue weighted by Gasteiger charge is -2.25. The van der Waals surface area contributed by atoms with Crippen LogP contribution in [0.15, 0.2) is 4.99 Å². The van der Waals surface area contributed by atoms with E-state index in [9.17, 15) is 0 Å². The Balaban J connectivity index is 2.42. The average molecular weight is 244 g/mol. The summed E-state index contributed by atoms with van der Waals surface area (Å²) < 4.78 is 10.1. The van der Waals surface area contributed by atoms with Crippen LogP contribution in [0.25, 0.3) is 0 Å². The minimum absolute atomic E-state index is 0.572. The van der Waals surface area contributed by atoms with Crippen molar-refractivity contribution in [3.63, 3.8) is 0 Å². The molecule has 3 N–H and O–H groups in total. The van der Waals surface area contributed by atoms with Crippen molar-refractivity contribution < 1.29 is 9.47 Å². The lowest BCUT2D eigenvalue weighted by Crippen LogP contribution is -2.47. The summed E-state index contributed by atoms with van der Waals surface area (Å²) in [7, 11) is 3.40. The first-order chi connectivity index (χ1) is 8.33. The fourth-order valence-corrected chi connectivity index (χ4v) is 1.65. The van der Waals surface area contributed by atoms with Crippen LogP contribution >= 0.6 is 0 Å². The third kappa shape index (κ3) is 5.34. The Morgan fingerprint density at radius 2 is 2.06 bits per heavy atom. The van der Waals surface area contributed by atoms with Gasteiger partial charge < -0.3 is 14.4 Å². The van der Waals surface area contributed by atoms with E-state index in [2.05, 4.69) is 15.3 Å². The van der Waals surface area contributed by atoms with E-state index < -0.39 is 0 Å². The Morgan fingerprint density at radius 1 is 1.35 bits per heavy atom. The summed E-state index contributed by atoms with van der Waals surface area (Å²) in [6.45, 7) is 2.97. The van der Waals surface area contributed by atoms with Crippen LogP contribution in [0.5, 0.6) is 0 Å². The van der Waals surface area contributed by atoms with Gasteiger partial charge in [-0.15, -0.1) is 0 Å². The molecule has 0 atom stereocenters. The molecule has 1 saturated carbocycles. The molecule has 1 fully saturated rings. The van der Waals surface area contributed by atoms with Crippen LogP contribution in [0.4, 0.5) is 0 Å². The molecule has 0 bridgehead atoms. The van der Waals surface area contributed by atoms with E-state index in [0.29, 0.717) is 12.6 Å². The molecule has 0 radical (unpaired) electrons. The van der Waals surface area contributed by atoms with E-state index in [-0.39, 0.29) is 0 Å². The zero-order chi connectivity index (χ0) is 12.5. The lowest BCUT2D eigenvalue weighted by molar-refractivity contribution is 0.172. The first-order valence-corrected chi connectivity index (χ1v) is 6.09. The molecule has 1 aliphatic rings. The number of rotatable bonds is 8. The summed E-state index contributed by atoms with van der Waals surface area (Å²) in [4.78, 5) is 6.66. The summed E-state index contributed by atoms with van der Waals surface area (Å²) in [6.07, 6.45) is 3.33. The number of hydrogen-bond donors (Lipinski definition) is 2. The van der Waals surface area contributed by atoms with Crippen molar-refractivity contribution in [2.45, 2.75) is 25.3 Å². The van der Waals surface area contributed by atoms with Crippen molar-refractivity contribution in [1.82, 2.24) is 10.3 Å². The Hall–Kier alpha value is -0.850. The van der Waals surface area contributed by atoms with Crippen LogP contribution < -0.4 is 11.3 Å². The van der Waals surface area contributed by atoms with Gasteiger partial charge in [0, 0.05) is 40.0 Å². The van der Waals surface area contributed by atoms with E-state index in [4.69, 9.17) is 15.3 Å². The standard InChI is InChI=1S/C11H24N4O2/c1-16-8-3-6-13-11(14-12)15(7-9-17-2)10-4-5-10/h10H,3-9,12H2,1-2H3,(H,13,14). The van der Waals surface area contributed by atoms with Crippen LogP contribution in [0, 0.1) is 0 Å². The molecule has 0 aliphatic heterocycles. The maximum atomic E-state index is 5.53. The minimum Gasteiger partial charge on any atom is -0.385 e. The smallest absolute Gasteiger partial charge is 0.208 e. The third-order valence-corrected chi connectivity index (χ3v) is 2.69. The number of nitrogens with zero attached hydrogens (tertiary/aromatic N) is 2. The van der Waals surface area contributed by atoms with Gasteiger partial charge in [0.25, 0.3) is 0 Å². The third-order valence-electron chi connectivity index (χ3n) is 2.69. The summed E-state index contributed by atoms with van der Waals surface area (Å²) in [6, 6.07) is 0.572. The maximum absolute atomic E-state index is 5.53. The first-order valence-electron chi connectivity index (χ1n) is 6.09. The van der Waals surface area contributed by atoms with Gasteiger partial charge in [-0.3, -0.25) is 10.4 Å². The molecule has 0 aromatic rings. The number of hydrazine groups is 1. The highest BCUT2D eigenvalue weighted by atomic mass is 16.5. The SMILES string of the molecule is COCCCN=C(NN)N(CCOC)C1CC1. The van der Waals surface area contributed by atoms with E-state index in [1.54, 1.807) is 14.2 Å². The van der Waals surface area contributed by atoms with Crippen molar-refractivity contribution in [2.75, 3.05) is 40.5 Å². The molecule has 17 heavy (non-hydrogen) atoms. The number of aliphatic imine (C=N–C) groups is 1. The van der Waals surface area contributed by atoms with Gasteiger partial charge in [0.2, 0.25) is 5.96 Å². The number of nitrogens with two attached hydrogens (primary N) is 1. The zero-order valence-corrected chi connectivity index (χ0v) is 10.8. The predicted molar refractivity (Wildman–Crippen MR) is 67.7 cm³/mol. The van der Waals surface area contributed by atoms with Crippen molar-refractivity contribution in [3.05, 3.63) is 0 Å². The van der Waals surface area contributed by atoms with Gasteiger partial charge in [-0.1, -0.05) is 0 Å². The molecule has 1 rings (SSSR count). The number of guanidine groups is 1. The molecule has 0 aromatic carbocycles. The Kier molecular flexibility index (Phi) is 6.91. The van der Waals surface area contributed by atoms with Crippen LogP contribution in [0.1, 0.15) is 19.3 Å². The second-order valence-electron chi connectivity index (χ2n) is 4.11. The highest BCUT2D eigenvalue weighted by molar-refractivity contribution is 5.80. The van der Waals surface area contributed by atoms with Gasteiger partial charge in [0.1, 0.15) is 0 Å². The second-order valence-corrected chi connectivity index (χ2v) is 4.11. The van der Waals surface area contributed by atoms with Gasteiger partial charge in [-0.05, 0) is 19.3 Å². The van der Waals surface area contributed by atoms with Gasteiger partial charge in [-0.2, -0.15) is 0 Å². The summed E-state index contributed by atoms with van der Waals surface area (Å²) >= 11 is 0. The van der Waals surface area contributed by atoms with E-state index in [1.165, 1.54) is 12.8 Å². The molecule has 6 heteroatoms. The van der Waals surface area contributed by atoms with E-state index >= 15 is 0 Å². The zero-order valence-electron chi connectivity index (χ0n) is 10.8. The molecule has 0 spiro atoms. The molecular formula is C11H24N4O2. The number of ether oxygens (including phenoxy) is 2. The molecule has 0 heterocycles. The largest absolute Gasteiger partial charge is 0.385 e. The second kappa shape index (κ2) is 8.27. The molecular weight excluding hydrogens is 220 g/mol. The van der Waals surface area contributed by atoms with Crippen molar-refractivity contribution in [1.29, 1.82) is 0 Å². The number of nitrogens with one attached hydrogen (secondary N) is 1. The Morgan fingerprint density at radius 3 is 2.59 bits per heavy atom. The quantitative estimate of drug-likeness (QED) is 0.206. The monoisotopic (exact) mass is 244 g/mol. The van der Waals surface area contributed by atoms with Crippen LogP contribution in [-0.2, 0) is 9.47 Å². The van der Waals surface area contributed by atoms with Crippen LogP contribution in [0.2, 0.25) is 0 Å². The molecule has 0 unspecified atom stereocenters. The van der Waals surface area contributed by atoms with Crippen molar-refractivity contribution >= 4 is 5.96 Å². The van der Waals surface area contributed by atoms with Gasteiger partial charge in [0.15, 0.2) is 0 Å². The van der Waals surface area contributed by atoms with Crippen LogP contribution in [0.3, 0.4) is 0 Å². The fraction of sp³-hybridized carbons (Fsp3) is 0.909. The topological polar surface area (TPSA) is 72.1 Å². The molecule has 6 nitrogen and oxygen atoms in total. The summed E-state index contributed by atoms with van der Waals surface area (Å²) in [5, 5.41) is 0. The predicted octanol–water partition coefficient (Wildman–Crippen LogP) is -0.0470. The normalized spacial score (nSPS) is 16.1. The van der Waals surface area contributed by atoms with Crippen molar-refractivity contribution in [3.8, 4) is 0 Å². The highest BCUT2D eigenvalue weighted by Gasteiger charge is 2.30. The van der Waals surface area contributed by atoms with Gasteiger partial charge in [0.05, 0.1) is 6.61 Å². The fourth-order valence-electron chi connectivity index (χ4n) is 1.65. The maximum Gasteiger partial charge on any atom is 0.208 e. The van der Waals surface area contributed by atoms with Crippen molar-refractivity contribution in [2.24, 2.45) is 10.8 Å². The summed E-state index contributed by atoms with van der Waals surface area (Å²) in [5.74, 6) is 6.30. The minimum atomic E-state index is 0.572. The molecule has 100 valence electrons. The highest BCUT2D eigenvalue weighted by Crippen LogP contribution is 2.26. The molecule has 0 aromatic heterocycles. The van der Waals surface area contributed by atoms with Gasteiger partial charge >= 0.3 is 0 Å². The lowest BCUT2D eigenvalue weighted by atomic mass is 10.4. The molecule has 0 amide bonds. The molecule has 0 saturated heterocycles. The van der Waals surface area contributed by atoms with E-state index in [0.717, 1.165) is 32.1 Å². The van der Waals surface area contributed by atoms with Gasteiger partial charge in [-0.25, -0.2) is 5.84 Å². The summed E-state index contributed by atoms with van der Waals surface area (Å²) in [5.41, 5.74) is 2.69. The average Bonchev–Trinajstić information content (AvgIpc) is 3.16. The van der Waals surface area contributed by atoms with E-state index in [1.807, 2.05) is 0 Å². The Bertz CT molecular complexity index is 232. The Labute approximate surface area is 103 Å².